The summed E-state index contributed by atoms with van der Waals surface area (Å²) in [6, 6.07) is 0. The van der Waals surface area contributed by atoms with Crippen LogP contribution < -0.4 is 5.32 Å². The summed E-state index contributed by atoms with van der Waals surface area (Å²) in [4.78, 5) is 8.45. The summed E-state index contributed by atoms with van der Waals surface area (Å²) in [6.45, 7) is 5.51. The Labute approximate surface area is 121 Å². The molecule has 4 heteroatoms. The van der Waals surface area contributed by atoms with Gasteiger partial charge in [0.1, 0.15) is 17.3 Å². The van der Waals surface area contributed by atoms with E-state index in [1.165, 1.54) is 32.1 Å². The SMILES string of the molecule is CCCc1c(Cl)ncnc1NCC1(C)CCCCC1. The van der Waals surface area contributed by atoms with Gasteiger partial charge < -0.3 is 5.32 Å². The number of nitrogens with zero attached hydrogens (tertiary/aromatic N) is 2. The smallest absolute Gasteiger partial charge is 0.137 e. The Morgan fingerprint density at radius 1 is 1.26 bits per heavy atom. The second-order valence-corrected chi connectivity index (χ2v) is 6.32. The second kappa shape index (κ2) is 6.56. The minimum Gasteiger partial charge on any atom is -0.369 e. The molecule has 0 aliphatic heterocycles. The largest absolute Gasteiger partial charge is 0.369 e. The van der Waals surface area contributed by atoms with Crippen LogP contribution in [0, 0.1) is 5.41 Å². The van der Waals surface area contributed by atoms with Crippen LogP contribution >= 0.6 is 11.6 Å². The minimum absolute atomic E-state index is 0.402. The molecule has 19 heavy (non-hydrogen) atoms. The molecule has 0 radical (unpaired) electrons. The van der Waals surface area contributed by atoms with Crippen molar-refractivity contribution in [2.24, 2.45) is 5.41 Å². The quantitative estimate of drug-likeness (QED) is 0.810. The monoisotopic (exact) mass is 281 g/mol. The highest BCUT2D eigenvalue weighted by molar-refractivity contribution is 6.30. The summed E-state index contributed by atoms with van der Waals surface area (Å²) in [5, 5.41) is 4.10. The van der Waals surface area contributed by atoms with Crippen molar-refractivity contribution in [3.05, 3.63) is 17.0 Å². The lowest BCUT2D eigenvalue weighted by molar-refractivity contribution is 0.233. The third-order valence-electron chi connectivity index (χ3n) is 4.14. The van der Waals surface area contributed by atoms with Crippen molar-refractivity contribution in [2.75, 3.05) is 11.9 Å². The van der Waals surface area contributed by atoms with Crippen LogP contribution in [0.25, 0.3) is 0 Å². The molecule has 1 saturated carbocycles. The summed E-state index contributed by atoms with van der Waals surface area (Å²) in [5.41, 5.74) is 1.46. The van der Waals surface area contributed by atoms with Gasteiger partial charge in [-0.15, -0.1) is 0 Å². The fourth-order valence-electron chi connectivity index (χ4n) is 2.89. The third kappa shape index (κ3) is 3.82. The maximum Gasteiger partial charge on any atom is 0.137 e. The maximum absolute atomic E-state index is 6.17. The standard InChI is InChI=1S/C15H24ClN3/c1-3-7-12-13(16)18-11-19-14(12)17-10-15(2)8-5-4-6-9-15/h11H,3-10H2,1-2H3,(H,17,18,19). The Balaban J connectivity index is 2.04. The van der Waals surface area contributed by atoms with Crippen molar-refractivity contribution >= 4 is 17.4 Å². The van der Waals surface area contributed by atoms with Crippen LogP contribution in [0.4, 0.5) is 5.82 Å². The summed E-state index contributed by atoms with van der Waals surface area (Å²) in [7, 11) is 0. The molecule has 1 aliphatic carbocycles. The molecule has 0 aromatic carbocycles. The van der Waals surface area contributed by atoms with Gasteiger partial charge in [0.25, 0.3) is 0 Å². The summed E-state index contributed by atoms with van der Waals surface area (Å²) >= 11 is 6.17. The average molecular weight is 282 g/mol. The van der Waals surface area contributed by atoms with E-state index in [4.69, 9.17) is 11.6 Å². The fraction of sp³-hybridized carbons (Fsp3) is 0.733. The molecular formula is C15H24ClN3. The molecule has 1 aliphatic rings. The lowest BCUT2D eigenvalue weighted by atomic mass is 9.76. The molecule has 0 saturated heterocycles. The number of anilines is 1. The first-order chi connectivity index (χ1) is 9.14. The molecule has 1 N–H and O–H groups in total. The number of nitrogens with one attached hydrogen (secondary N) is 1. The van der Waals surface area contributed by atoms with E-state index < -0.39 is 0 Å². The molecule has 2 rings (SSSR count). The third-order valence-corrected chi connectivity index (χ3v) is 4.46. The first-order valence-corrected chi connectivity index (χ1v) is 7.76. The lowest BCUT2D eigenvalue weighted by Crippen LogP contribution is -2.29. The molecule has 1 aromatic rings. The van der Waals surface area contributed by atoms with Gasteiger partial charge in [0.2, 0.25) is 0 Å². The molecule has 1 heterocycles. The van der Waals surface area contributed by atoms with Crippen molar-refractivity contribution < 1.29 is 0 Å². The van der Waals surface area contributed by atoms with E-state index in [9.17, 15) is 0 Å². The highest BCUT2D eigenvalue weighted by Crippen LogP contribution is 2.36. The molecule has 0 atom stereocenters. The molecular weight excluding hydrogens is 258 g/mol. The highest BCUT2D eigenvalue weighted by atomic mass is 35.5. The van der Waals surface area contributed by atoms with E-state index in [0.717, 1.165) is 30.8 Å². The van der Waals surface area contributed by atoms with Crippen LogP contribution in [0.3, 0.4) is 0 Å². The Bertz CT molecular complexity index is 414. The highest BCUT2D eigenvalue weighted by Gasteiger charge is 2.26. The molecule has 1 fully saturated rings. The van der Waals surface area contributed by atoms with Gasteiger partial charge in [-0.05, 0) is 24.7 Å². The van der Waals surface area contributed by atoms with Gasteiger partial charge in [-0.3, -0.25) is 0 Å². The van der Waals surface area contributed by atoms with Gasteiger partial charge in [-0.1, -0.05) is 51.1 Å². The topological polar surface area (TPSA) is 37.8 Å². The van der Waals surface area contributed by atoms with Gasteiger partial charge in [0.15, 0.2) is 0 Å². The molecule has 0 unspecified atom stereocenters. The van der Waals surface area contributed by atoms with Crippen molar-refractivity contribution in [2.45, 2.75) is 58.8 Å². The van der Waals surface area contributed by atoms with Crippen LogP contribution in [-0.2, 0) is 6.42 Å². The minimum atomic E-state index is 0.402. The predicted molar refractivity (Wildman–Crippen MR) is 80.7 cm³/mol. The summed E-state index contributed by atoms with van der Waals surface area (Å²) in [6.07, 6.45) is 10.2. The Hall–Kier alpha value is -0.830. The van der Waals surface area contributed by atoms with Crippen LogP contribution in [0.2, 0.25) is 5.15 Å². The van der Waals surface area contributed by atoms with Crippen LogP contribution in [0.15, 0.2) is 6.33 Å². The van der Waals surface area contributed by atoms with Crippen molar-refractivity contribution in [3.63, 3.8) is 0 Å². The lowest BCUT2D eigenvalue weighted by Gasteiger charge is -2.34. The number of halogens is 1. The van der Waals surface area contributed by atoms with Gasteiger partial charge in [0.05, 0.1) is 0 Å². The van der Waals surface area contributed by atoms with Crippen molar-refractivity contribution in [1.82, 2.24) is 9.97 Å². The van der Waals surface area contributed by atoms with Gasteiger partial charge in [0, 0.05) is 12.1 Å². The fourth-order valence-corrected chi connectivity index (χ4v) is 3.12. The summed E-state index contributed by atoms with van der Waals surface area (Å²) < 4.78 is 0. The first kappa shape index (κ1) is 14.6. The number of hydrogen-bond acceptors (Lipinski definition) is 3. The number of rotatable bonds is 5. The number of hydrogen-bond donors (Lipinski definition) is 1. The zero-order valence-corrected chi connectivity index (χ0v) is 12.8. The zero-order valence-electron chi connectivity index (χ0n) is 12.0. The Morgan fingerprint density at radius 3 is 2.68 bits per heavy atom. The van der Waals surface area contributed by atoms with Gasteiger partial charge in [-0.2, -0.15) is 0 Å². The van der Waals surface area contributed by atoms with E-state index in [-0.39, 0.29) is 0 Å². The molecule has 0 amide bonds. The van der Waals surface area contributed by atoms with Gasteiger partial charge in [-0.25, -0.2) is 9.97 Å². The van der Waals surface area contributed by atoms with Crippen LogP contribution in [0.1, 0.15) is 57.9 Å². The molecule has 0 spiro atoms. The van der Waals surface area contributed by atoms with E-state index in [0.29, 0.717) is 10.6 Å². The molecule has 3 nitrogen and oxygen atoms in total. The van der Waals surface area contributed by atoms with E-state index >= 15 is 0 Å². The molecule has 106 valence electrons. The number of aromatic nitrogens is 2. The maximum atomic E-state index is 6.17. The van der Waals surface area contributed by atoms with E-state index in [2.05, 4.69) is 29.1 Å². The zero-order chi connectivity index (χ0) is 13.7. The molecule has 0 bridgehead atoms. The van der Waals surface area contributed by atoms with Crippen molar-refractivity contribution in [3.8, 4) is 0 Å². The Morgan fingerprint density at radius 2 is 2.00 bits per heavy atom. The summed E-state index contributed by atoms with van der Waals surface area (Å²) in [5.74, 6) is 0.925. The first-order valence-electron chi connectivity index (χ1n) is 7.38. The van der Waals surface area contributed by atoms with Crippen LogP contribution in [0.5, 0.6) is 0 Å². The molecule has 1 aromatic heterocycles. The second-order valence-electron chi connectivity index (χ2n) is 5.97. The Kier molecular flexibility index (Phi) is 5.03. The van der Waals surface area contributed by atoms with Crippen molar-refractivity contribution in [1.29, 1.82) is 0 Å². The van der Waals surface area contributed by atoms with Crippen LogP contribution in [-0.4, -0.2) is 16.5 Å². The van der Waals surface area contributed by atoms with E-state index in [1.807, 2.05) is 0 Å². The predicted octanol–water partition coefficient (Wildman–Crippen LogP) is 4.46. The average Bonchev–Trinajstić information content (AvgIpc) is 2.41. The van der Waals surface area contributed by atoms with E-state index in [1.54, 1.807) is 6.33 Å². The normalized spacial score (nSPS) is 18.3. The van der Waals surface area contributed by atoms with Gasteiger partial charge >= 0.3 is 0 Å².